The molecule has 0 atom stereocenters. The van der Waals surface area contributed by atoms with Gasteiger partial charge in [0.05, 0.1) is 14.1 Å². The zero-order chi connectivity index (χ0) is 3.58. The molecule has 6 heavy (non-hydrogen) atoms. The van der Waals surface area contributed by atoms with Crippen LogP contribution in [-0.4, -0.2) is 14.1 Å². The van der Waals surface area contributed by atoms with E-state index in [2.05, 4.69) is 0 Å². The van der Waals surface area contributed by atoms with Crippen molar-refractivity contribution in [2.24, 2.45) is 0 Å². The van der Waals surface area contributed by atoms with Crippen LogP contribution in [0.3, 0.4) is 0 Å². The third-order valence-corrected chi connectivity index (χ3v) is 0. The Labute approximate surface area is 40.4 Å². The van der Waals surface area contributed by atoms with Gasteiger partial charge in [-0.15, -0.1) is 0 Å². The van der Waals surface area contributed by atoms with Crippen LogP contribution in [0, 0.1) is 5.21 Å². The van der Waals surface area contributed by atoms with E-state index < -0.39 is 0 Å². The lowest BCUT2D eigenvalue weighted by molar-refractivity contribution is -0.802. The van der Waals surface area contributed by atoms with E-state index in [4.69, 9.17) is 0 Å². The Morgan fingerprint density at radius 1 is 1.17 bits per heavy atom. The third-order valence-electron chi connectivity index (χ3n) is 0. The second-order valence-corrected chi connectivity index (χ2v) is 0.908. The van der Waals surface area contributed by atoms with Crippen LogP contribution < -0.4 is 5.06 Å². The SMILES string of the molecule is C.C.C[NH+](C)[O-]. The summed E-state index contributed by atoms with van der Waals surface area (Å²) in [5, 5.41) is 9.61. The van der Waals surface area contributed by atoms with Gasteiger partial charge in [-0.2, -0.15) is 0 Å². The maximum atomic E-state index is 9.44. The number of nitrogens with one attached hydrogen (secondary N) is 1. The molecule has 1 N–H and O–H groups in total. The molecule has 42 valence electrons. The van der Waals surface area contributed by atoms with Crippen molar-refractivity contribution in [2.75, 3.05) is 14.1 Å². The van der Waals surface area contributed by atoms with Gasteiger partial charge in [0, 0.05) is 0 Å². The van der Waals surface area contributed by atoms with Crippen molar-refractivity contribution in [3.05, 3.63) is 5.21 Å². The van der Waals surface area contributed by atoms with Gasteiger partial charge in [-0.1, -0.05) is 14.9 Å². The summed E-state index contributed by atoms with van der Waals surface area (Å²) in [5.41, 5.74) is 0. The number of quaternary nitrogens is 1. The monoisotopic (exact) mass is 93.1 g/mol. The summed E-state index contributed by atoms with van der Waals surface area (Å²) in [6.07, 6.45) is 0. The first kappa shape index (κ1) is 16.8. The van der Waals surface area contributed by atoms with Crippen molar-refractivity contribution in [2.45, 2.75) is 14.9 Å². The first-order valence-electron chi connectivity index (χ1n) is 1.20. The fourth-order valence-electron chi connectivity index (χ4n) is 0. The molecule has 0 aromatic heterocycles. The Morgan fingerprint density at radius 3 is 1.17 bits per heavy atom. The van der Waals surface area contributed by atoms with Crippen molar-refractivity contribution >= 4 is 0 Å². The van der Waals surface area contributed by atoms with E-state index in [-0.39, 0.29) is 19.9 Å². The standard InChI is InChI=1S/C2H7NO.2CH4/c1-3(2)4;;/h3H,1-2H3;2*1H4. The number of hydroxylamine groups is 2. The van der Waals surface area contributed by atoms with E-state index in [1.807, 2.05) is 0 Å². The molecule has 0 spiro atoms. The van der Waals surface area contributed by atoms with Gasteiger partial charge in [0.25, 0.3) is 0 Å². The molecule has 0 rings (SSSR count). The minimum absolute atomic E-state index is 0. The van der Waals surface area contributed by atoms with Crippen LogP contribution in [0.1, 0.15) is 14.9 Å². The van der Waals surface area contributed by atoms with Crippen molar-refractivity contribution in [3.8, 4) is 0 Å². The van der Waals surface area contributed by atoms with Crippen LogP contribution in [0.2, 0.25) is 0 Å². The topological polar surface area (TPSA) is 27.5 Å². The fourth-order valence-corrected chi connectivity index (χ4v) is 0. The van der Waals surface area contributed by atoms with Crippen molar-refractivity contribution in [3.63, 3.8) is 0 Å². The van der Waals surface area contributed by atoms with Crippen LogP contribution >= 0.6 is 0 Å². The highest BCUT2D eigenvalue weighted by molar-refractivity contribution is 3.86. The van der Waals surface area contributed by atoms with Gasteiger partial charge in [-0.25, -0.2) is 0 Å². The van der Waals surface area contributed by atoms with Crippen LogP contribution in [0.5, 0.6) is 0 Å². The van der Waals surface area contributed by atoms with Crippen LogP contribution in [0.15, 0.2) is 0 Å². The highest BCUT2D eigenvalue weighted by atomic mass is 16.5. The highest BCUT2D eigenvalue weighted by Crippen LogP contribution is 0.931. The second-order valence-electron chi connectivity index (χ2n) is 0.908. The quantitative estimate of drug-likeness (QED) is 0.416. The van der Waals surface area contributed by atoms with Gasteiger partial charge in [-0.3, -0.25) is 0 Å². The first-order valence-corrected chi connectivity index (χ1v) is 1.20. The zero-order valence-electron chi connectivity index (χ0n) is 2.91. The molecule has 2 heteroatoms. The molecular weight excluding hydrogens is 78.0 g/mol. The summed E-state index contributed by atoms with van der Waals surface area (Å²) in [5.74, 6) is 0. The molecule has 0 fully saturated rings. The summed E-state index contributed by atoms with van der Waals surface area (Å²) in [4.78, 5) is 0. The number of hydrogen-bond donors (Lipinski definition) is 1. The molecule has 0 aliphatic heterocycles. The van der Waals surface area contributed by atoms with Crippen molar-refractivity contribution in [1.29, 1.82) is 0 Å². The zero-order valence-corrected chi connectivity index (χ0v) is 2.91. The average molecular weight is 93.2 g/mol. The van der Waals surface area contributed by atoms with E-state index in [1.165, 1.54) is 14.1 Å². The summed E-state index contributed by atoms with van der Waals surface area (Å²) in [7, 11) is 3.06. The minimum Gasteiger partial charge on any atom is -0.635 e. The molecule has 0 unspecified atom stereocenters. The molecule has 0 saturated heterocycles. The van der Waals surface area contributed by atoms with Crippen LogP contribution in [0.4, 0.5) is 0 Å². The normalized spacial score (nSPS) is 6.00. The van der Waals surface area contributed by atoms with Gasteiger partial charge in [0.15, 0.2) is 0 Å². The van der Waals surface area contributed by atoms with Gasteiger partial charge in [0.2, 0.25) is 0 Å². The van der Waals surface area contributed by atoms with Crippen molar-refractivity contribution < 1.29 is 5.06 Å². The molecule has 2 nitrogen and oxygen atoms in total. The maximum absolute atomic E-state index is 9.44. The Hall–Kier alpha value is -0.0800. The molecule has 0 aliphatic rings. The Kier molecular flexibility index (Phi) is 24.8. The molecule has 0 radical (unpaired) electrons. The van der Waals surface area contributed by atoms with Crippen molar-refractivity contribution in [1.82, 2.24) is 0 Å². The summed E-state index contributed by atoms with van der Waals surface area (Å²) < 4.78 is 0. The molecule has 0 aromatic rings. The van der Waals surface area contributed by atoms with E-state index in [9.17, 15) is 5.21 Å². The predicted octanol–water partition coefficient (Wildman–Crippen LogP) is -0.0991. The van der Waals surface area contributed by atoms with Gasteiger partial charge < -0.3 is 10.3 Å². The highest BCUT2D eigenvalue weighted by Gasteiger charge is 1.49. The Morgan fingerprint density at radius 2 is 1.17 bits per heavy atom. The van der Waals surface area contributed by atoms with E-state index >= 15 is 0 Å². The first-order chi connectivity index (χ1) is 1.73. The molecule has 0 aromatic carbocycles. The number of hydrogen-bond acceptors (Lipinski definition) is 1. The Balaban J connectivity index is -0.0000000450. The lowest BCUT2D eigenvalue weighted by atomic mass is 11.2. The fraction of sp³-hybridized carbons (Fsp3) is 1.00. The lowest BCUT2D eigenvalue weighted by Gasteiger charge is -2.04. The number of rotatable bonds is 0. The minimum atomic E-state index is 0. The molecule has 0 aliphatic carbocycles. The van der Waals surface area contributed by atoms with Crippen LogP contribution in [-0.2, 0) is 0 Å². The maximum Gasteiger partial charge on any atom is 0.0660 e. The second kappa shape index (κ2) is 8.87. The molecule has 0 saturated carbocycles. The smallest absolute Gasteiger partial charge is 0.0660 e. The largest absolute Gasteiger partial charge is 0.635 e. The molecule has 0 bridgehead atoms. The molecule has 0 heterocycles. The van der Waals surface area contributed by atoms with Gasteiger partial charge in [-0.05, 0) is 0 Å². The average Bonchev–Trinajstić information content (AvgIpc) is 0.811. The van der Waals surface area contributed by atoms with Gasteiger partial charge in [0.1, 0.15) is 0 Å². The Bertz CT molecular complexity index is 12.3. The lowest BCUT2D eigenvalue weighted by Crippen LogP contribution is -3.00. The van der Waals surface area contributed by atoms with Gasteiger partial charge >= 0.3 is 0 Å². The third kappa shape index (κ3) is 5220. The summed E-state index contributed by atoms with van der Waals surface area (Å²) >= 11 is 0. The van der Waals surface area contributed by atoms with Crippen LogP contribution in [0.25, 0.3) is 0 Å². The predicted molar refractivity (Wildman–Crippen MR) is 29.6 cm³/mol. The van der Waals surface area contributed by atoms with E-state index in [0.717, 1.165) is 0 Å². The summed E-state index contributed by atoms with van der Waals surface area (Å²) in [6, 6.07) is 0. The summed E-state index contributed by atoms with van der Waals surface area (Å²) in [6.45, 7) is 0. The van der Waals surface area contributed by atoms with E-state index in [1.54, 1.807) is 0 Å². The van der Waals surface area contributed by atoms with E-state index in [0.29, 0.717) is 0 Å². The molecular formula is C4H15NO. The molecule has 0 amide bonds.